The van der Waals surface area contributed by atoms with Crippen molar-refractivity contribution in [3.63, 3.8) is 0 Å². The van der Waals surface area contributed by atoms with Crippen molar-refractivity contribution in [1.82, 2.24) is 24.8 Å². The van der Waals surface area contributed by atoms with Crippen molar-refractivity contribution in [2.24, 2.45) is 0 Å². The molecule has 1 atom stereocenters. The third kappa shape index (κ3) is 8.77. The van der Waals surface area contributed by atoms with Gasteiger partial charge < -0.3 is 20.0 Å². The van der Waals surface area contributed by atoms with E-state index in [4.69, 9.17) is 9.97 Å². The third-order valence-electron chi connectivity index (χ3n) is 7.45. The van der Waals surface area contributed by atoms with Gasteiger partial charge >= 0.3 is 0 Å². The van der Waals surface area contributed by atoms with Crippen molar-refractivity contribution in [1.29, 1.82) is 0 Å². The van der Waals surface area contributed by atoms with Crippen molar-refractivity contribution in [3.8, 4) is 21.8 Å². The predicted molar refractivity (Wildman–Crippen MR) is 194 cm³/mol. The Morgan fingerprint density at radius 3 is 2.40 bits per heavy atom. The van der Waals surface area contributed by atoms with Gasteiger partial charge in [-0.2, -0.15) is 0 Å². The maximum absolute atomic E-state index is 12.9. The van der Waals surface area contributed by atoms with E-state index in [1.807, 2.05) is 86.6 Å². The zero-order chi connectivity index (χ0) is 33.2. The van der Waals surface area contributed by atoms with Gasteiger partial charge in [-0.1, -0.05) is 58.0 Å². The topological polar surface area (TPSA) is 119 Å². The van der Waals surface area contributed by atoms with Crippen molar-refractivity contribution in [3.05, 3.63) is 90.2 Å². The quantitative estimate of drug-likeness (QED) is 0.139. The number of anilines is 4. The summed E-state index contributed by atoms with van der Waals surface area (Å²) in [5.74, 6) is 1.65. The molecule has 246 valence electrons. The first kappa shape index (κ1) is 34.1. The number of aliphatic hydroxyl groups is 1. The van der Waals surface area contributed by atoms with Gasteiger partial charge in [-0.25, -0.2) is 24.1 Å². The highest BCUT2D eigenvalue weighted by Gasteiger charge is 2.20. The van der Waals surface area contributed by atoms with Crippen LogP contribution in [-0.4, -0.2) is 73.5 Å². The lowest BCUT2D eigenvalue weighted by Crippen LogP contribution is -2.47. The maximum Gasteiger partial charge on any atom is 0.227 e. The van der Waals surface area contributed by atoms with Crippen LogP contribution in [0.1, 0.15) is 38.6 Å². The highest BCUT2D eigenvalue weighted by molar-refractivity contribution is 7.86. The molecule has 0 saturated carbocycles. The number of pyridine rings is 1. The highest BCUT2D eigenvalue weighted by Crippen LogP contribution is 2.39. The average molecular weight is 671 g/mol. The van der Waals surface area contributed by atoms with Gasteiger partial charge in [-0.15, -0.1) is 11.3 Å². The van der Waals surface area contributed by atoms with Crippen molar-refractivity contribution in [2.75, 3.05) is 54.3 Å². The van der Waals surface area contributed by atoms with Crippen LogP contribution in [0.15, 0.2) is 90.1 Å². The number of nitrogens with one attached hydrogen (secondary N) is 2. The van der Waals surface area contributed by atoms with E-state index in [1.165, 1.54) is 0 Å². The summed E-state index contributed by atoms with van der Waals surface area (Å²) in [6, 6.07) is 23.1. The molecule has 3 N–H and O–H groups in total. The van der Waals surface area contributed by atoms with Gasteiger partial charge in [0.15, 0.2) is 0 Å². The van der Waals surface area contributed by atoms with Gasteiger partial charge in [0, 0.05) is 56.1 Å². The molecule has 1 aliphatic rings. The van der Waals surface area contributed by atoms with E-state index in [0.717, 1.165) is 70.2 Å². The Morgan fingerprint density at radius 1 is 0.915 bits per heavy atom. The lowest BCUT2D eigenvalue weighted by atomic mass is 10.1. The molecule has 5 aromatic rings. The summed E-state index contributed by atoms with van der Waals surface area (Å²) in [7, 11) is -1.39. The van der Waals surface area contributed by atoms with Crippen LogP contribution in [0.3, 0.4) is 0 Å². The second-order valence-electron chi connectivity index (χ2n) is 11.0. The zero-order valence-corrected chi connectivity index (χ0v) is 28.9. The number of hydrogen-bond acceptors (Lipinski definition) is 10. The van der Waals surface area contributed by atoms with Gasteiger partial charge in [0.2, 0.25) is 5.95 Å². The number of thiazole rings is 1. The Labute approximate surface area is 283 Å². The number of piperazine rings is 1. The Morgan fingerprint density at radius 2 is 1.70 bits per heavy atom. The molecule has 1 unspecified atom stereocenters. The number of aliphatic hydroxyl groups excluding tert-OH is 1. The molecule has 0 radical (unpaired) electrons. The maximum atomic E-state index is 12.9. The standard InChI is InChI=1S/C33H36N8O2S2.C2H6/c1-23(2)32-38-30(24-7-6-8-25(21-24)39-45(43)27-9-4-3-5-10-27)31(44-32)28-13-14-34-33(37-28)36-26-11-12-29(35-22-26)41-17-15-40(16-18-41)19-20-42;1-2/h3-14,21-23,39,42H,15-20H2,1-2H3,(H,34,36,37);1-2H3. The minimum atomic E-state index is -1.39. The first-order chi connectivity index (χ1) is 23.0. The molecule has 0 bridgehead atoms. The largest absolute Gasteiger partial charge is 0.395 e. The smallest absolute Gasteiger partial charge is 0.227 e. The van der Waals surface area contributed by atoms with E-state index >= 15 is 0 Å². The van der Waals surface area contributed by atoms with Crippen LogP contribution < -0.4 is 14.9 Å². The normalized spacial score (nSPS) is 14.0. The van der Waals surface area contributed by atoms with Crippen molar-refractivity contribution < 1.29 is 9.32 Å². The number of aromatic nitrogens is 4. The zero-order valence-electron chi connectivity index (χ0n) is 27.3. The number of hydrogen-bond donors (Lipinski definition) is 3. The second-order valence-corrected chi connectivity index (χ2v) is 13.2. The molecule has 6 rings (SSSR count). The van der Waals surface area contributed by atoms with Crippen LogP contribution in [0.2, 0.25) is 0 Å². The summed E-state index contributed by atoms with van der Waals surface area (Å²) in [5, 5.41) is 13.5. The molecule has 0 aliphatic carbocycles. The molecule has 0 amide bonds. The molecular formula is C35H42N8O2S2. The SMILES string of the molecule is CC.CC(C)c1nc(-c2cccc(NS(=O)c3ccccc3)c2)c(-c2ccnc(Nc3ccc(N4CCN(CCO)CC4)nc3)n2)s1. The monoisotopic (exact) mass is 670 g/mol. The molecule has 2 aromatic carbocycles. The third-order valence-corrected chi connectivity index (χ3v) is 9.95. The Balaban J connectivity index is 0.00000213. The molecule has 1 saturated heterocycles. The van der Waals surface area contributed by atoms with Gasteiger partial charge in [-0.05, 0) is 42.5 Å². The lowest BCUT2D eigenvalue weighted by molar-refractivity contribution is 0.188. The minimum absolute atomic E-state index is 0.189. The van der Waals surface area contributed by atoms with E-state index in [0.29, 0.717) is 17.4 Å². The number of β-amino-alcohol motifs (C(OH)–C–C–N with tert-alkyl or cyclic N) is 1. The number of nitrogens with zero attached hydrogens (tertiary/aromatic N) is 6. The number of rotatable bonds is 11. The van der Waals surface area contributed by atoms with E-state index in [2.05, 4.69) is 43.7 Å². The molecule has 0 spiro atoms. The van der Waals surface area contributed by atoms with Gasteiger partial charge in [0.05, 0.1) is 44.7 Å². The summed E-state index contributed by atoms with van der Waals surface area (Å²) in [4.78, 5) is 25.2. The fourth-order valence-corrected chi connectivity index (χ4v) is 6.98. The summed E-state index contributed by atoms with van der Waals surface area (Å²) in [5.41, 5.74) is 4.05. The van der Waals surface area contributed by atoms with Crippen LogP contribution in [0, 0.1) is 0 Å². The Kier molecular flexibility index (Phi) is 12.0. The van der Waals surface area contributed by atoms with Crippen LogP contribution in [-0.2, 0) is 11.0 Å². The van der Waals surface area contributed by atoms with Crippen LogP contribution in [0.5, 0.6) is 0 Å². The van der Waals surface area contributed by atoms with Gasteiger partial charge in [0.1, 0.15) is 16.8 Å². The summed E-state index contributed by atoms with van der Waals surface area (Å²) >= 11 is 1.62. The van der Waals surface area contributed by atoms with E-state index < -0.39 is 11.0 Å². The fourth-order valence-electron chi connectivity index (χ4n) is 5.06. The van der Waals surface area contributed by atoms with Gasteiger partial charge in [-0.3, -0.25) is 4.90 Å². The molecule has 47 heavy (non-hydrogen) atoms. The van der Waals surface area contributed by atoms with E-state index in [-0.39, 0.29) is 12.5 Å². The molecule has 1 aliphatic heterocycles. The Bertz CT molecular complexity index is 1740. The second kappa shape index (κ2) is 16.6. The number of benzene rings is 2. The van der Waals surface area contributed by atoms with E-state index in [9.17, 15) is 9.32 Å². The van der Waals surface area contributed by atoms with Crippen molar-refractivity contribution in [2.45, 2.75) is 38.5 Å². The summed E-state index contributed by atoms with van der Waals surface area (Å²) in [6.07, 6.45) is 3.55. The Hall–Kier alpha value is -4.23. The van der Waals surface area contributed by atoms with E-state index in [1.54, 1.807) is 23.7 Å². The highest BCUT2D eigenvalue weighted by atomic mass is 32.2. The summed E-state index contributed by atoms with van der Waals surface area (Å²) < 4.78 is 16.0. The van der Waals surface area contributed by atoms with Crippen molar-refractivity contribution >= 4 is 45.5 Å². The first-order valence-corrected chi connectivity index (χ1v) is 17.9. The molecule has 4 heterocycles. The minimum Gasteiger partial charge on any atom is -0.395 e. The van der Waals surface area contributed by atoms with Crippen LogP contribution in [0.4, 0.5) is 23.1 Å². The van der Waals surface area contributed by atoms with Crippen LogP contribution >= 0.6 is 11.3 Å². The summed E-state index contributed by atoms with van der Waals surface area (Å²) in [6.45, 7) is 12.7. The van der Waals surface area contributed by atoms with Crippen LogP contribution in [0.25, 0.3) is 21.8 Å². The average Bonchev–Trinajstić information content (AvgIpc) is 3.57. The molecule has 12 heteroatoms. The van der Waals surface area contributed by atoms with Gasteiger partial charge in [0.25, 0.3) is 0 Å². The lowest BCUT2D eigenvalue weighted by Gasteiger charge is -2.35. The predicted octanol–water partition coefficient (Wildman–Crippen LogP) is 6.80. The molecular weight excluding hydrogens is 629 g/mol. The molecule has 3 aromatic heterocycles. The molecule has 10 nitrogen and oxygen atoms in total. The first-order valence-electron chi connectivity index (χ1n) is 16.0. The molecule has 1 fully saturated rings. The fraction of sp³-hybridized carbons (Fsp3) is 0.314.